The van der Waals surface area contributed by atoms with Crippen LogP contribution in [0.4, 0.5) is 0 Å². The SMILES string of the molecule is CCc1ccc(CC(=O)C2CCC(CN)O2)nc1. The fraction of sp³-hybridized carbons (Fsp3) is 0.571. The Hall–Kier alpha value is -1.26. The van der Waals surface area contributed by atoms with Crippen LogP contribution in [0.1, 0.15) is 31.0 Å². The molecule has 1 aliphatic rings. The van der Waals surface area contributed by atoms with E-state index in [-0.39, 0.29) is 18.0 Å². The summed E-state index contributed by atoms with van der Waals surface area (Å²) in [5, 5.41) is 0. The maximum absolute atomic E-state index is 12.0. The second-order valence-corrected chi connectivity index (χ2v) is 4.71. The second kappa shape index (κ2) is 6.07. The first-order valence-corrected chi connectivity index (χ1v) is 6.55. The van der Waals surface area contributed by atoms with E-state index >= 15 is 0 Å². The van der Waals surface area contributed by atoms with Crippen LogP contribution in [-0.4, -0.2) is 29.5 Å². The molecule has 4 heteroatoms. The lowest BCUT2D eigenvalue weighted by molar-refractivity contribution is -0.128. The number of pyridine rings is 1. The number of aromatic nitrogens is 1. The zero-order valence-corrected chi connectivity index (χ0v) is 10.8. The number of carbonyl (C=O) groups is 1. The van der Waals surface area contributed by atoms with Gasteiger partial charge in [0.05, 0.1) is 12.5 Å². The fourth-order valence-corrected chi connectivity index (χ4v) is 2.18. The number of nitrogens with two attached hydrogens (primary N) is 1. The molecule has 2 heterocycles. The maximum atomic E-state index is 12.0. The van der Waals surface area contributed by atoms with Gasteiger partial charge < -0.3 is 10.5 Å². The lowest BCUT2D eigenvalue weighted by atomic mass is 10.1. The van der Waals surface area contributed by atoms with Crippen LogP contribution in [0.3, 0.4) is 0 Å². The van der Waals surface area contributed by atoms with E-state index in [1.54, 1.807) is 0 Å². The molecule has 98 valence electrons. The minimum Gasteiger partial charge on any atom is -0.366 e. The molecule has 1 aromatic rings. The molecule has 0 aliphatic carbocycles. The number of rotatable bonds is 5. The van der Waals surface area contributed by atoms with Crippen LogP contribution in [0.15, 0.2) is 18.3 Å². The van der Waals surface area contributed by atoms with Gasteiger partial charge in [-0.15, -0.1) is 0 Å². The highest BCUT2D eigenvalue weighted by molar-refractivity contribution is 5.85. The highest BCUT2D eigenvalue weighted by Gasteiger charge is 2.29. The van der Waals surface area contributed by atoms with Gasteiger partial charge in [-0.25, -0.2) is 0 Å². The molecule has 0 saturated carbocycles. The first kappa shape index (κ1) is 13.2. The van der Waals surface area contributed by atoms with Crippen LogP contribution in [-0.2, 0) is 22.4 Å². The van der Waals surface area contributed by atoms with Crippen LogP contribution >= 0.6 is 0 Å². The molecular formula is C14H20N2O2. The molecule has 2 rings (SSSR count). The summed E-state index contributed by atoms with van der Waals surface area (Å²) in [6, 6.07) is 3.94. The van der Waals surface area contributed by atoms with E-state index < -0.39 is 0 Å². The third-order valence-electron chi connectivity index (χ3n) is 3.38. The Morgan fingerprint density at radius 1 is 1.50 bits per heavy atom. The van der Waals surface area contributed by atoms with Gasteiger partial charge in [0.2, 0.25) is 0 Å². The Kier molecular flexibility index (Phi) is 4.44. The quantitative estimate of drug-likeness (QED) is 0.852. The molecule has 0 spiro atoms. The lowest BCUT2D eigenvalue weighted by Crippen LogP contribution is -2.26. The summed E-state index contributed by atoms with van der Waals surface area (Å²) in [7, 11) is 0. The molecule has 1 aromatic heterocycles. The van der Waals surface area contributed by atoms with Crippen molar-refractivity contribution < 1.29 is 9.53 Å². The Labute approximate surface area is 108 Å². The Bertz CT molecular complexity index is 403. The molecule has 2 atom stereocenters. The van der Waals surface area contributed by atoms with E-state index in [4.69, 9.17) is 10.5 Å². The van der Waals surface area contributed by atoms with Crippen LogP contribution in [0, 0.1) is 0 Å². The number of aryl methyl sites for hydroxylation is 1. The van der Waals surface area contributed by atoms with Crippen molar-refractivity contribution in [1.29, 1.82) is 0 Å². The van der Waals surface area contributed by atoms with Crippen molar-refractivity contribution in [3.05, 3.63) is 29.6 Å². The average molecular weight is 248 g/mol. The van der Waals surface area contributed by atoms with E-state index in [1.807, 2.05) is 18.3 Å². The molecule has 1 aliphatic heterocycles. The number of hydrogen-bond acceptors (Lipinski definition) is 4. The third kappa shape index (κ3) is 3.15. The van der Waals surface area contributed by atoms with Crippen molar-refractivity contribution in [3.8, 4) is 0 Å². The van der Waals surface area contributed by atoms with Crippen molar-refractivity contribution in [2.24, 2.45) is 5.73 Å². The molecule has 2 N–H and O–H groups in total. The van der Waals surface area contributed by atoms with E-state index in [0.717, 1.165) is 25.0 Å². The maximum Gasteiger partial charge on any atom is 0.167 e. The Balaban J connectivity index is 1.90. The first-order chi connectivity index (χ1) is 8.72. The molecular weight excluding hydrogens is 228 g/mol. The average Bonchev–Trinajstić information content (AvgIpc) is 2.88. The second-order valence-electron chi connectivity index (χ2n) is 4.71. The number of ketones is 1. The van der Waals surface area contributed by atoms with E-state index in [1.165, 1.54) is 5.56 Å². The summed E-state index contributed by atoms with van der Waals surface area (Å²) >= 11 is 0. The highest BCUT2D eigenvalue weighted by atomic mass is 16.5. The van der Waals surface area contributed by atoms with E-state index in [0.29, 0.717) is 13.0 Å². The van der Waals surface area contributed by atoms with Crippen LogP contribution in [0.5, 0.6) is 0 Å². The van der Waals surface area contributed by atoms with Gasteiger partial charge in [-0.2, -0.15) is 0 Å². The Morgan fingerprint density at radius 2 is 2.33 bits per heavy atom. The molecule has 1 fully saturated rings. The van der Waals surface area contributed by atoms with Crippen molar-refractivity contribution in [1.82, 2.24) is 4.98 Å². The monoisotopic (exact) mass is 248 g/mol. The molecule has 0 amide bonds. The topological polar surface area (TPSA) is 65.2 Å². The molecule has 0 aromatic carbocycles. The van der Waals surface area contributed by atoms with Gasteiger partial charge in [-0.05, 0) is 30.9 Å². The van der Waals surface area contributed by atoms with Gasteiger partial charge in [0.15, 0.2) is 5.78 Å². The number of Topliss-reactive ketones (excluding diaryl/α,β-unsaturated/α-hetero) is 1. The molecule has 18 heavy (non-hydrogen) atoms. The highest BCUT2D eigenvalue weighted by Crippen LogP contribution is 2.20. The van der Waals surface area contributed by atoms with Crippen LogP contribution in [0.2, 0.25) is 0 Å². The third-order valence-corrected chi connectivity index (χ3v) is 3.38. The summed E-state index contributed by atoms with van der Waals surface area (Å²) < 4.78 is 5.59. The van der Waals surface area contributed by atoms with Gasteiger partial charge in [-0.1, -0.05) is 13.0 Å². The van der Waals surface area contributed by atoms with Crippen molar-refractivity contribution in [3.63, 3.8) is 0 Å². The summed E-state index contributed by atoms with van der Waals surface area (Å²) in [5.41, 5.74) is 7.54. The van der Waals surface area contributed by atoms with Gasteiger partial charge >= 0.3 is 0 Å². The number of ether oxygens (including phenoxy) is 1. The van der Waals surface area contributed by atoms with Crippen LogP contribution in [0.25, 0.3) is 0 Å². The Morgan fingerprint density at radius 3 is 2.89 bits per heavy atom. The predicted molar refractivity (Wildman–Crippen MR) is 69.3 cm³/mol. The summed E-state index contributed by atoms with van der Waals surface area (Å²) in [6.45, 7) is 2.58. The lowest BCUT2D eigenvalue weighted by Gasteiger charge is -2.11. The van der Waals surface area contributed by atoms with Gasteiger partial charge in [0, 0.05) is 18.4 Å². The fourth-order valence-electron chi connectivity index (χ4n) is 2.18. The largest absolute Gasteiger partial charge is 0.366 e. The minimum atomic E-state index is -0.286. The molecule has 0 bridgehead atoms. The summed E-state index contributed by atoms with van der Waals surface area (Å²) in [5.74, 6) is 0.114. The number of carbonyl (C=O) groups excluding carboxylic acids is 1. The van der Waals surface area contributed by atoms with Crippen LogP contribution < -0.4 is 5.73 Å². The van der Waals surface area contributed by atoms with Gasteiger partial charge in [0.1, 0.15) is 6.10 Å². The zero-order valence-electron chi connectivity index (χ0n) is 10.8. The van der Waals surface area contributed by atoms with Crippen molar-refractivity contribution in [2.75, 3.05) is 6.54 Å². The number of hydrogen-bond donors (Lipinski definition) is 1. The molecule has 2 unspecified atom stereocenters. The van der Waals surface area contributed by atoms with Crippen molar-refractivity contribution >= 4 is 5.78 Å². The van der Waals surface area contributed by atoms with Gasteiger partial charge in [0.25, 0.3) is 0 Å². The normalized spacial score (nSPS) is 23.2. The van der Waals surface area contributed by atoms with E-state index in [2.05, 4.69) is 11.9 Å². The zero-order chi connectivity index (χ0) is 13.0. The summed E-state index contributed by atoms with van der Waals surface area (Å²) in [6.07, 6.45) is 4.58. The predicted octanol–water partition coefficient (Wildman–Crippen LogP) is 1.26. The molecule has 4 nitrogen and oxygen atoms in total. The summed E-state index contributed by atoms with van der Waals surface area (Å²) in [4.78, 5) is 16.3. The number of nitrogens with zero attached hydrogens (tertiary/aromatic N) is 1. The molecule has 1 saturated heterocycles. The van der Waals surface area contributed by atoms with E-state index in [9.17, 15) is 4.79 Å². The minimum absolute atomic E-state index is 0.0503. The molecule has 0 radical (unpaired) electrons. The first-order valence-electron chi connectivity index (χ1n) is 6.55. The standard InChI is InChI=1S/C14H20N2O2/c1-2-10-3-4-11(16-9-10)7-13(17)14-6-5-12(8-15)18-14/h3-4,9,12,14H,2,5-8,15H2,1H3. The van der Waals surface area contributed by atoms with Crippen molar-refractivity contribution in [2.45, 2.75) is 44.8 Å². The van der Waals surface area contributed by atoms with Gasteiger partial charge in [-0.3, -0.25) is 9.78 Å². The smallest absolute Gasteiger partial charge is 0.167 e.